The highest BCUT2D eigenvalue weighted by Crippen LogP contribution is 2.37. The number of nitrogens with one attached hydrogen (secondary N) is 2. The molecule has 0 unspecified atom stereocenters. The van der Waals surface area contributed by atoms with Crippen LogP contribution in [0, 0.1) is 0 Å². The molecule has 0 fully saturated rings. The summed E-state index contributed by atoms with van der Waals surface area (Å²) in [5.41, 5.74) is 2.78. The number of unbranched alkanes of at least 4 members (excludes halogenated alkanes) is 1. The normalized spacial score (nSPS) is 16.6. The molecule has 1 aliphatic heterocycles. The second kappa shape index (κ2) is 11.7. The summed E-state index contributed by atoms with van der Waals surface area (Å²) in [4.78, 5) is 40.3. The summed E-state index contributed by atoms with van der Waals surface area (Å²) < 4.78 is 5.44. The minimum Gasteiger partial charge on any atom is -0.463 e. The molecule has 180 valence electrons. The van der Waals surface area contributed by atoms with Gasteiger partial charge in [-0.15, -0.1) is 11.6 Å². The van der Waals surface area contributed by atoms with Gasteiger partial charge in [0, 0.05) is 12.2 Å². The predicted molar refractivity (Wildman–Crippen MR) is 133 cm³/mol. The van der Waals surface area contributed by atoms with Crippen molar-refractivity contribution in [1.82, 2.24) is 10.2 Å². The van der Waals surface area contributed by atoms with Gasteiger partial charge in [0.1, 0.15) is 5.38 Å². The maximum Gasteiger partial charge on any atom is 0.338 e. The number of carbonyl (C=O) groups is 3. The van der Waals surface area contributed by atoms with Crippen LogP contribution >= 0.6 is 11.6 Å². The number of nitrogens with zero attached hydrogens (tertiary/aromatic N) is 1. The number of carbonyl (C=O) groups excluding carboxylic acids is 3. The topological polar surface area (TPSA) is 87.7 Å². The highest BCUT2D eigenvalue weighted by Gasteiger charge is 2.38. The zero-order chi connectivity index (χ0) is 24.7. The Labute approximate surface area is 205 Å². The van der Waals surface area contributed by atoms with E-state index in [2.05, 4.69) is 10.6 Å². The Kier molecular flexibility index (Phi) is 8.71. The molecule has 0 spiro atoms. The van der Waals surface area contributed by atoms with E-state index in [4.69, 9.17) is 16.3 Å². The first kappa shape index (κ1) is 25.3. The van der Waals surface area contributed by atoms with Crippen molar-refractivity contribution in [2.45, 2.75) is 45.0 Å². The lowest BCUT2D eigenvalue weighted by Gasteiger charge is -2.37. The van der Waals surface area contributed by atoms with Crippen molar-refractivity contribution in [2.75, 3.05) is 18.5 Å². The van der Waals surface area contributed by atoms with Crippen molar-refractivity contribution in [2.24, 2.45) is 0 Å². The van der Waals surface area contributed by atoms with Crippen LogP contribution in [-0.2, 0) is 14.3 Å². The number of anilines is 1. The molecule has 3 amide bonds. The van der Waals surface area contributed by atoms with Crippen LogP contribution in [-0.4, -0.2) is 41.3 Å². The molecule has 0 saturated carbocycles. The lowest BCUT2D eigenvalue weighted by atomic mass is 9.91. The lowest BCUT2D eigenvalue weighted by molar-refractivity contribution is -0.139. The third-order valence-corrected chi connectivity index (χ3v) is 5.65. The predicted octanol–water partition coefficient (Wildman–Crippen LogP) is 5.09. The van der Waals surface area contributed by atoms with E-state index in [-0.39, 0.29) is 18.5 Å². The Hall–Kier alpha value is -3.32. The Morgan fingerprint density at radius 2 is 1.88 bits per heavy atom. The molecule has 0 saturated heterocycles. The monoisotopic (exact) mass is 483 g/mol. The van der Waals surface area contributed by atoms with Crippen LogP contribution < -0.4 is 10.6 Å². The Morgan fingerprint density at radius 1 is 1.15 bits per heavy atom. The van der Waals surface area contributed by atoms with Gasteiger partial charge in [-0.05, 0) is 43.5 Å². The first-order valence-corrected chi connectivity index (χ1v) is 11.9. The Morgan fingerprint density at radius 3 is 2.53 bits per heavy atom. The molecule has 8 heteroatoms. The van der Waals surface area contributed by atoms with Crippen molar-refractivity contribution >= 4 is 40.9 Å². The van der Waals surface area contributed by atoms with Crippen LogP contribution in [0.15, 0.2) is 60.2 Å². The van der Waals surface area contributed by atoms with Crippen molar-refractivity contribution in [3.05, 3.63) is 71.3 Å². The van der Waals surface area contributed by atoms with Crippen molar-refractivity contribution in [1.29, 1.82) is 0 Å². The number of esters is 1. The molecule has 7 nitrogen and oxygen atoms in total. The van der Waals surface area contributed by atoms with E-state index < -0.39 is 17.4 Å². The van der Waals surface area contributed by atoms with E-state index in [1.165, 1.54) is 0 Å². The molecule has 0 radical (unpaired) electrons. The molecule has 2 N–H and O–H groups in total. The van der Waals surface area contributed by atoms with Gasteiger partial charge in [-0.2, -0.15) is 0 Å². The number of rotatable bonds is 9. The lowest BCUT2D eigenvalue weighted by Crippen LogP contribution is -2.48. The molecule has 34 heavy (non-hydrogen) atoms. The average molecular weight is 484 g/mol. The Bertz CT molecular complexity index is 1070. The molecule has 0 bridgehead atoms. The fourth-order valence-corrected chi connectivity index (χ4v) is 3.86. The minimum atomic E-state index is -0.759. The fourth-order valence-electron chi connectivity index (χ4n) is 3.81. The van der Waals surface area contributed by atoms with Crippen LogP contribution in [0.4, 0.5) is 10.5 Å². The van der Waals surface area contributed by atoms with E-state index in [9.17, 15) is 14.4 Å². The van der Waals surface area contributed by atoms with Crippen molar-refractivity contribution < 1.29 is 19.1 Å². The highest BCUT2D eigenvalue weighted by atomic mass is 35.5. The molecular formula is C26H30ClN3O4. The largest absolute Gasteiger partial charge is 0.463 e. The second-order valence-electron chi connectivity index (χ2n) is 7.97. The van der Waals surface area contributed by atoms with Gasteiger partial charge in [0.15, 0.2) is 0 Å². The zero-order valence-corrected chi connectivity index (χ0v) is 20.4. The standard InChI is InChI=1S/C26H30ClN3O4/c1-4-6-15-30-23(18-11-8-7-9-12-18)21(25(32)34-5-2)22(29-26(30)33)19-13-10-14-20(16-19)28-24(31)17(3)27/h7-14,16-17,22H,4-6,15H2,1-3H3,(H,28,31)(H,29,33)/t17-,22-/m1/s1. The number of hydrogen-bond donors (Lipinski definition) is 2. The smallest absolute Gasteiger partial charge is 0.338 e. The van der Waals surface area contributed by atoms with Crippen molar-refractivity contribution in [3.63, 3.8) is 0 Å². The van der Waals surface area contributed by atoms with Gasteiger partial charge in [0.2, 0.25) is 5.91 Å². The number of alkyl halides is 1. The van der Waals surface area contributed by atoms with Gasteiger partial charge < -0.3 is 15.4 Å². The third kappa shape index (κ3) is 5.78. The number of halogens is 1. The molecule has 2 aromatic rings. The molecule has 1 heterocycles. The van der Waals surface area contributed by atoms with Gasteiger partial charge in [0.05, 0.1) is 23.9 Å². The minimum absolute atomic E-state index is 0.198. The van der Waals surface area contributed by atoms with E-state index >= 15 is 0 Å². The van der Waals surface area contributed by atoms with Crippen molar-refractivity contribution in [3.8, 4) is 0 Å². The first-order chi connectivity index (χ1) is 16.4. The number of amides is 3. The highest BCUT2D eigenvalue weighted by molar-refractivity contribution is 6.32. The SMILES string of the molecule is CCCCN1C(=O)N[C@H](c2cccc(NC(=O)[C@@H](C)Cl)c2)C(C(=O)OCC)=C1c1ccccc1. The molecule has 0 aliphatic carbocycles. The van der Waals surface area contributed by atoms with Gasteiger partial charge in [-0.3, -0.25) is 9.69 Å². The first-order valence-electron chi connectivity index (χ1n) is 11.5. The molecule has 2 atom stereocenters. The summed E-state index contributed by atoms with van der Waals surface area (Å²) >= 11 is 5.89. The zero-order valence-electron chi connectivity index (χ0n) is 19.6. The van der Waals surface area contributed by atoms with Gasteiger partial charge in [-0.25, -0.2) is 9.59 Å². The molecule has 2 aromatic carbocycles. The van der Waals surface area contributed by atoms with Crippen LogP contribution in [0.1, 0.15) is 50.8 Å². The number of ether oxygens (including phenoxy) is 1. The molecule has 0 aromatic heterocycles. The number of hydrogen-bond acceptors (Lipinski definition) is 4. The van der Waals surface area contributed by atoms with Crippen LogP contribution in [0.5, 0.6) is 0 Å². The Balaban J connectivity index is 2.17. The summed E-state index contributed by atoms with van der Waals surface area (Å²) in [5.74, 6) is -0.847. The molecular weight excluding hydrogens is 454 g/mol. The second-order valence-corrected chi connectivity index (χ2v) is 8.62. The van der Waals surface area contributed by atoms with E-state index in [1.807, 2.05) is 37.3 Å². The molecule has 1 aliphatic rings. The fraction of sp³-hybridized carbons (Fsp3) is 0.346. The van der Waals surface area contributed by atoms with Gasteiger partial charge in [-0.1, -0.05) is 55.8 Å². The van der Waals surface area contributed by atoms with Gasteiger partial charge >= 0.3 is 12.0 Å². The van der Waals surface area contributed by atoms with Crippen LogP contribution in [0.2, 0.25) is 0 Å². The summed E-state index contributed by atoms with van der Waals surface area (Å²) in [7, 11) is 0. The average Bonchev–Trinajstić information content (AvgIpc) is 2.83. The van der Waals surface area contributed by atoms with Gasteiger partial charge in [0.25, 0.3) is 0 Å². The van der Waals surface area contributed by atoms with Crippen LogP contribution in [0.25, 0.3) is 5.70 Å². The quantitative estimate of drug-likeness (QED) is 0.384. The maximum atomic E-state index is 13.3. The third-order valence-electron chi connectivity index (χ3n) is 5.45. The van der Waals surface area contributed by atoms with E-state index in [0.29, 0.717) is 29.1 Å². The maximum absolute atomic E-state index is 13.3. The summed E-state index contributed by atoms with van der Waals surface area (Å²) in [6, 6.07) is 15.3. The number of benzene rings is 2. The van der Waals surface area contributed by atoms with Crippen LogP contribution in [0.3, 0.4) is 0 Å². The molecule has 3 rings (SSSR count). The van der Waals surface area contributed by atoms with E-state index in [0.717, 1.165) is 18.4 Å². The summed E-state index contributed by atoms with van der Waals surface area (Å²) in [5, 5.41) is 5.02. The summed E-state index contributed by atoms with van der Waals surface area (Å²) in [6.45, 7) is 6.04. The summed E-state index contributed by atoms with van der Waals surface area (Å²) in [6.07, 6.45) is 1.67. The van der Waals surface area contributed by atoms with E-state index in [1.54, 1.807) is 43.0 Å². The number of urea groups is 1.